The molecule has 9 nitrogen and oxygen atoms in total. The van der Waals surface area contributed by atoms with Crippen molar-refractivity contribution in [3.05, 3.63) is 88.7 Å². The van der Waals surface area contributed by atoms with E-state index in [1.807, 2.05) is 30.3 Å². The van der Waals surface area contributed by atoms with Crippen LogP contribution in [-0.4, -0.2) is 40.8 Å². The molecule has 0 atom stereocenters. The lowest BCUT2D eigenvalue weighted by atomic mass is 10.2. The van der Waals surface area contributed by atoms with Crippen LogP contribution in [0.15, 0.2) is 77.6 Å². The minimum Gasteiger partial charge on any atom is -0.493 e. The highest BCUT2D eigenvalue weighted by Gasteiger charge is 2.11. The molecule has 0 saturated carbocycles. The molecule has 0 fully saturated rings. The number of hydrogen-bond donors (Lipinski definition) is 2. The van der Waals surface area contributed by atoms with Gasteiger partial charge in [0, 0.05) is 11.3 Å². The molecule has 35 heavy (non-hydrogen) atoms. The van der Waals surface area contributed by atoms with Crippen LogP contribution >= 0.6 is 11.3 Å². The van der Waals surface area contributed by atoms with Gasteiger partial charge in [-0.15, -0.1) is 5.10 Å². The first kappa shape index (κ1) is 22.4. The van der Waals surface area contributed by atoms with Crippen LogP contribution in [0.1, 0.15) is 10.4 Å². The number of aromatic nitrogens is 3. The lowest BCUT2D eigenvalue weighted by Gasteiger charge is -2.11. The summed E-state index contributed by atoms with van der Waals surface area (Å²) in [5, 5.41) is 11.4. The van der Waals surface area contributed by atoms with Crippen LogP contribution in [0, 0.1) is 0 Å². The second kappa shape index (κ2) is 9.82. The van der Waals surface area contributed by atoms with Crippen LogP contribution in [0.25, 0.3) is 15.9 Å². The Kier molecular flexibility index (Phi) is 6.27. The summed E-state index contributed by atoms with van der Waals surface area (Å²) < 4.78 is 12.2. The SMILES string of the molecule is COc1ccccc1OCCNC(=O)c1ccc(Nc2nn3c(=O)c4ccccc4nc3s2)cc1. The van der Waals surface area contributed by atoms with E-state index in [0.29, 0.717) is 51.2 Å². The lowest BCUT2D eigenvalue weighted by molar-refractivity contribution is 0.0947. The number of hydrogen-bond acceptors (Lipinski definition) is 8. The first-order valence-electron chi connectivity index (χ1n) is 10.8. The quantitative estimate of drug-likeness (QED) is 0.320. The monoisotopic (exact) mass is 487 g/mol. The zero-order valence-corrected chi connectivity index (χ0v) is 19.5. The van der Waals surface area contributed by atoms with Crippen LogP contribution in [0.3, 0.4) is 0 Å². The topological polar surface area (TPSA) is 107 Å². The molecule has 2 heterocycles. The Hall–Kier alpha value is -4.44. The van der Waals surface area contributed by atoms with Gasteiger partial charge in [0.05, 0.1) is 24.6 Å². The summed E-state index contributed by atoms with van der Waals surface area (Å²) in [5.74, 6) is 1.06. The van der Waals surface area contributed by atoms with Gasteiger partial charge in [-0.1, -0.05) is 35.6 Å². The predicted molar refractivity (Wildman–Crippen MR) is 135 cm³/mol. The van der Waals surface area contributed by atoms with Gasteiger partial charge >= 0.3 is 0 Å². The second-order valence-electron chi connectivity index (χ2n) is 7.49. The average Bonchev–Trinajstić information content (AvgIpc) is 3.30. The maximum Gasteiger partial charge on any atom is 0.283 e. The normalized spacial score (nSPS) is 10.9. The van der Waals surface area contributed by atoms with Gasteiger partial charge in [-0.25, -0.2) is 4.98 Å². The molecular weight excluding hydrogens is 466 g/mol. The Morgan fingerprint density at radius 2 is 1.74 bits per heavy atom. The van der Waals surface area contributed by atoms with Crippen molar-refractivity contribution in [3.8, 4) is 11.5 Å². The third-order valence-corrected chi connectivity index (χ3v) is 6.04. The molecular formula is C25H21N5O4S. The Bertz CT molecular complexity index is 1560. The van der Waals surface area contributed by atoms with E-state index in [1.165, 1.54) is 15.9 Å². The molecule has 0 aliphatic carbocycles. The van der Waals surface area contributed by atoms with Gasteiger partial charge in [0.1, 0.15) is 6.61 Å². The molecule has 0 aliphatic heterocycles. The minimum absolute atomic E-state index is 0.206. The minimum atomic E-state index is -0.211. The first-order chi connectivity index (χ1) is 17.1. The number of rotatable bonds is 8. The van der Waals surface area contributed by atoms with Crippen molar-refractivity contribution in [1.82, 2.24) is 19.9 Å². The van der Waals surface area contributed by atoms with Gasteiger partial charge in [0.25, 0.3) is 11.5 Å². The van der Waals surface area contributed by atoms with E-state index in [0.717, 1.165) is 5.69 Å². The summed E-state index contributed by atoms with van der Waals surface area (Å²) in [6, 6.07) is 21.5. The smallest absolute Gasteiger partial charge is 0.283 e. The van der Waals surface area contributed by atoms with Crippen LogP contribution < -0.4 is 25.7 Å². The van der Waals surface area contributed by atoms with E-state index in [-0.39, 0.29) is 11.5 Å². The van der Waals surface area contributed by atoms with Crippen molar-refractivity contribution in [2.75, 3.05) is 25.6 Å². The number of amides is 1. The Morgan fingerprint density at radius 3 is 2.54 bits per heavy atom. The highest BCUT2D eigenvalue weighted by atomic mass is 32.1. The number of para-hydroxylation sites is 3. The first-order valence-corrected chi connectivity index (χ1v) is 11.6. The summed E-state index contributed by atoms with van der Waals surface area (Å²) in [6.45, 7) is 0.657. The van der Waals surface area contributed by atoms with Crippen LogP contribution in [0.4, 0.5) is 10.8 Å². The van der Waals surface area contributed by atoms with Crippen molar-refractivity contribution < 1.29 is 14.3 Å². The zero-order valence-electron chi connectivity index (χ0n) is 18.7. The fraction of sp³-hybridized carbons (Fsp3) is 0.120. The van der Waals surface area contributed by atoms with Crippen LogP contribution in [0.5, 0.6) is 11.5 Å². The van der Waals surface area contributed by atoms with E-state index in [4.69, 9.17) is 9.47 Å². The zero-order chi connectivity index (χ0) is 24.2. The molecule has 2 N–H and O–H groups in total. The fourth-order valence-electron chi connectivity index (χ4n) is 3.50. The molecule has 0 aliphatic rings. The van der Waals surface area contributed by atoms with Crippen LogP contribution in [-0.2, 0) is 0 Å². The highest BCUT2D eigenvalue weighted by Crippen LogP contribution is 2.25. The highest BCUT2D eigenvalue weighted by molar-refractivity contribution is 7.20. The van der Waals surface area contributed by atoms with E-state index in [9.17, 15) is 9.59 Å². The third kappa shape index (κ3) is 4.78. The summed E-state index contributed by atoms with van der Waals surface area (Å²) in [4.78, 5) is 30.1. The molecule has 0 unspecified atom stereocenters. The van der Waals surface area contributed by atoms with E-state index in [2.05, 4.69) is 20.7 Å². The van der Waals surface area contributed by atoms with Crippen molar-refractivity contribution in [2.24, 2.45) is 0 Å². The predicted octanol–water partition coefficient (Wildman–Crippen LogP) is 3.87. The number of carbonyl (C=O) groups excluding carboxylic acids is 1. The van der Waals surface area contributed by atoms with Gasteiger partial charge in [-0.2, -0.15) is 4.52 Å². The second-order valence-corrected chi connectivity index (χ2v) is 8.45. The Balaban J connectivity index is 1.20. The van der Waals surface area contributed by atoms with E-state index >= 15 is 0 Å². The summed E-state index contributed by atoms with van der Waals surface area (Å²) in [6.07, 6.45) is 0. The summed E-state index contributed by atoms with van der Waals surface area (Å²) in [7, 11) is 1.58. The number of carbonyl (C=O) groups is 1. The Morgan fingerprint density at radius 1 is 1.00 bits per heavy atom. The molecule has 5 aromatic rings. The molecule has 0 saturated heterocycles. The number of ether oxygens (including phenoxy) is 2. The van der Waals surface area contributed by atoms with Gasteiger partial charge in [0.2, 0.25) is 10.1 Å². The maximum absolute atomic E-state index is 12.7. The number of methoxy groups -OCH3 is 1. The number of nitrogens with zero attached hydrogens (tertiary/aromatic N) is 3. The third-order valence-electron chi connectivity index (χ3n) is 5.22. The molecule has 1 amide bonds. The number of nitrogens with one attached hydrogen (secondary N) is 2. The number of fused-ring (bicyclic) bond motifs is 2. The van der Waals surface area contributed by atoms with Crippen molar-refractivity contribution in [3.63, 3.8) is 0 Å². The van der Waals surface area contributed by atoms with E-state index < -0.39 is 0 Å². The lowest BCUT2D eigenvalue weighted by Crippen LogP contribution is -2.28. The molecule has 5 rings (SSSR count). The van der Waals surface area contributed by atoms with Crippen LogP contribution in [0.2, 0.25) is 0 Å². The standard InChI is InChI=1S/C25H21N5O4S/c1-33-20-8-4-5-9-21(20)34-15-14-26-22(31)16-10-12-17(13-11-16)27-24-29-30-23(32)18-6-2-3-7-19(18)28-25(30)35-24/h2-13H,14-15H2,1H3,(H,26,31)(H,27,29). The van der Waals surface area contributed by atoms with Crippen molar-refractivity contribution in [1.29, 1.82) is 0 Å². The average molecular weight is 488 g/mol. The Labute approximate surface area is 204 Å². The molecule has 2 aromatic heterocycles. The van der Waals surface area contributed by atoms with Gasteiger partial charge in [0.15, 0.2) is 11.5 Å². The molecule has 3 aromatic carbocycles. The number of anilines is 2. The van der Waals surface area contributed by atoms with E-state index in [1.54, 1.807) is 49.6 Å². The molecule has 0 bridgehead atoms. The van der Waals surface area contributed by atoms with Crippen molar-refractivity contribution in [2.45, 2.75) is 0 Å². The largest absolute Gasteiger partial charge is 0.493 e. The molecule has 10 heteroatoms. The maximum atomic E-state index is 12.7. The fourth-order valence-corrected chi connectivity index (χ4v) is 4.32. The number of benzene rings is 3. The van der Waals surface area contributed by atoms with Gasteiger partial charge in [-0.3, -0.25) is 9.59 Å². The molecule has 176 valence electrons. The van der Waals surface area contributed by atoms with Crippen molar-refractivity contribution >= 4 is 43.9 Å². The summed E-state index contributed by atoms with van der Waals surface area (Å²) in [5.41, 5.74) is 1.67. The van der Waals surface area contributed by atoms with Gasteiger partial charge in [-0.05, 0) is 48.5 Å². The molecule has 0 spiro atoms. The molecule has 0 radical (unpaired) electrons. The van der Waals surface area contributed by atoms with Gasteiger partial charge < -0.3 is 20.1 Å². The summed E-state index contributed by atoms with van der Waals surface area (Å²) >= 11 is 1.27.